The Bertz CT molecular complexity index is 1120. The van der Waals surface area contributed by atoms with Gasteiger partial charge in [0.2, 0.25) is 0 Å². The van der Waals surface area contributed by atoms with Gasteiger partial charge in [0.15, 0.2) is 0 Å². The molecule has 0 N–H and O–H groups in total. The van der Waals surface area contributed by atoms with Gasteiger partial charge in [0.1, 0.15) is 18.4 Å². The van der Waals surface area contributed by atoms with Crippen molar-refractivity contribution in [2.45, 2.75) is 29.4 Å². The van der Waals surface area contributed by atoms with Gasteiger partial charge in [0.25, 0.3) is 5.91 Å². The molecule has 1 atom stereocenters. The van der Waals surface area contributed by atoms with E-state index in [0.717, 1.165) is 31.7 Å². The number of rotatable bonds is 6. The predicted octanol–water partition coefficient (Wildman–Crippen LogP) is 4.08. The SMILES string of the molecule is Cc1cc(COc2ccc(Sc3ccncc3C3C(=O)N(C)C(=O)N3C)cc2)ccn1. The van der Waals surface area contributed by atoms with E-state index in [1.807, 2.05) is 49.4 Å². The summed E-state index contributed by atoms with van der Waals surface area (Å²) in [4.78, 5) is 37.6. The summed E-state index contributed by atoms with van der Waals surface area (Å²) < 4.78 is 5.87. The van der Waals surface area contributed by atoms with E-state index in [9.17, 15) is 9.59 Å². The molecule has 1 saturated heterocycles. The number of urea groups is 1. The molecule has 1 aliphatic heterocycles. The number of carbonyl (C=O) groups is 2. The summed E-state index contributed by atoms with van der Waals surface area (Å²) in [5, 5.41) is 0. The van der Waals surface area contributed by atoms with Gasteiger partial charge < -0.3 is 9.64 Å². The lowest BCUT2D eigenvalue weighted by molar-refractivity contribution is -0.127. The number of nitrogens with zero attached hydrogens (tertiary/aromatic N) is 4. The Hall–Kier alpha value is -3.39. The Labute approximate surface area is 185 Å². The first-order valence-corrected chi connectivity index (χ1v) is 10.6. The summed E-state index contributed by atoms with van der Waals surface area (Å²) in [6.45, 7) is 2.43. The van der Waals surface area contributed by atoms with Crippen LogP contribution in [0.3, 0.4) is 0 Å². The van der Waals surface area contributed by atoms with Crippen molar-refractivity contribution < 1.29 is 14.3 Å². The number of amides is 3. The van der Waals surface area contributed by atoms with Gasteiger partial charge in [-0.1, -0.05) is 11.8 Å². The quantitative estimate of drug-likeness (QED) is 0.544. The van der Waals surface area contributed by atoms with E-state index < -0.39 is 6.04 Å². The van der Waals surface area contributed by atoms with Gasteiger partial charge in [-0.2, -0.15) is 0 Å². The Balaban J connectivity index is 1.48. The minimum atomic E-state index is -0.667. The van der Waals surface area contributed by atoms with E-state index in [2.05, 4.69) is 9.97 Å². The van der Waals surface area contributed by atoms with Crippen molar-refractivity contribution in [3.63, 3.8) is 0 Å². The number of hydrogen-bond donors (Lipinski definition) is 0. The van der Waals surface area contributed by atoms with Crippen molar-refractivity contribution in [3.8, 4) is 5.75 Å². The van der Waals surface area contributed by atoms with Gasteiger partial charge in [0, 0.05) is 53.7 Å². The predicted molar refractivity (Wildman–Crippen MR) is 117 cm³/mol. The van der Waals surface area contributed by atoms with Crippen molar-refractivity contribution in [1.29, 1.82) is 0 Å². The highest BCUT2D eigenvalue weighted by atomic mass is 32.2. The van der Waals surface area contributed by atoms with Crippen LogP contribution in [0.1, 0.15) is 22.9 Å². The molecule has 0 radical (unpaired) electrons. The molecule has 1 aromatic carbocycles. The number of aryl methyl sites for hydroxylation is 1. The lowest BCUT2D eigenvalue weighted by Crippen LogP contribution is -2.27. The first kappa shape index (κ1) is 20.9. The van der Waals surface area contributed by atoms with Crippen LogP contribution in [0.4, 0.5) is 4.79 Å². The van der Waals surface area contributed by atoms with E-state index >= 15 is 0 Å². The summed E-state index contributed by atoms with van der Waals surface area (Å²) in [5.74, 6) is 0.518. The molecule has 8 heteroatoms. The number of imide groups is 1. The summed E-state index contributed by atoms with van der Waals surface area (Å²) in [6, 6.07) is 12.6. The van der Waals surface area contributed by atoms with Crippen LogP contribution in [0.15, 0.2) is 70.8 Å². The van der Waals surface area contributed by atoms with E-state index in [0.29, 0.717) is 12.2 Å². The number of likely N-dealkylation sites (N-methyl/N-ethyl adjacent to an activating group) is 2. The molecule has 1 fully saturated rings. The van der Waals surface area contributed by atoms with Gasteiger partial charge in [-0.3, -0.25) is 19.7 Å². The molecule has 1 aliphatic rings. The zero-order valence-corrected chi connectivity index (χ0v) is 18.3. The third kappa shape index (κ3) is 4.39. The highest BCUT2D eigenvalue weighted by Gasteiger charge is 2.42. The Kier molecular flexibility index (Phi) is 5.90. The Morgan fingerprint density at radius 3 is 2.52 bits per heavy atom. The van der Waals surface area contributed by atoms with Crippen LogP contribution in [0.5, 0.6) is 5.75 Å². The molecule has 3 amide bonds. The largest absolute Gasteiger partial charge is 0.489 e. The van der Waals surface area contributed by atoms with Crippen molar-refractivity contribution in [2.24, 2.45) is 0 Å². The zero-order chi connectivity index (χ0) is 22.0. The van der Waals surface area contributed by atoms with Crippen molar-refractivity contribution in [2.75, 3.05) is 14.1 Å². The van der Waals surface area contributed by atoms with Crippen LogP contribution in [0, 0.1) is 6.92 Å². The van der Waals surface area contributed by atoms with Gasteiger partial charge in [-0.05, 0) is 55.0 Å². The van der Waals surface area contributed by atoms with Crippen LogP contribution in [-0.4, -0.2) is 45.8 Å². The molecule has 0 bridgehead atoms. The third-order valence-corrected chi connectivity index (χ3v) is 6.16. The molecule has 3 heterocycles. The van der Waals surface area contributed by atoms with Crippen LogP contribution >= 0.6 is 11.8 Å². The second-order valence-electron chi connectivity index (χ2n) is 7.27. The average molecular weight is 435 g/mol. The molecule has 4 rings (SSSR count). The molecule has 0 aliphatic carbocycles. The van der Waals surface area contributed by atoms with Crippen LogP contribution < -0.4 is 4.74 Å². The molecule has 2 aromatic heterocycles. The van der Waals surface area contributed by atoms with Crippen LogP contribution in [0.25, 0.3) is 0 Å². The normalized spacial score (nSPS) is 16.2. The maximum atomic E-state index is 12.6. The Morgan fingerprint density at radius 2 is 1.84 bits per heavy atom. The topological polar surface area (TPSA) is 75.6 Å². The molecule has 7 nitrogen and oxygen atoms in total. The van der Waals surface area contributed by atoms with Gasteiger partial charge >= 0.3 is 6.03 Å². The standard InChI is InChI=1S/C23H22N4O3S/c1-15-12-16(8-11-25-15)14-30-17-4-6-18(7-5-17)31-20-9-10-24-13-19(20)21-22(28)27(3)23(29)26(21)2/h4-13,21H,14H2,1-3H3. The number of benzene rings is 1. The molecule has 158 valence electrons. The summed E-state index contributed by atoms with van der Waals surface area (Å²) in [6.07, 6.45) is 5.12. The van der Waals surface area contributed by atoms with Crippen LogP contribution in [-0.2, 0) is 11.4 Å². The minimum Gasteiger partial charge on any atom is -0.489 e. The molecular weight excluding hydrogens is 412 g/mol. The van der Waals surface area contributed by atoms with E-state index in [-0.39, 0.29) is 11.9 Å². The highest BCUT2D eigenvalue weighted by molar-refractivity contribution is 7.99. The number of carbonyl (C=O) groups excluding carboxylic acids is 2. The monoisotopic (exact) mass is 434 g/mol. The molecule has 3 aromatic rings. The maximum absolute atomic E-state index is 12.6. The number of hydrogen-bond acceptors (Lipinski definition) is 6. The Morgan fingerprint density at radius 1 is 1.06 bits per heavy atom. The van der Waals surface area contributed by atoms with Crippen LogP contribution in [0.2, 0.25) is 0 Å². The minimum absolute atomic E-state index is 0.252. The molecular formula is C23H22N4O3S. The zero-order valence-electron chi connectivity index (χ0n) is 17.5. The first-order valence-electron chi connectivity index (χ1n) is 9.74. The maximum Gasteiger partial charge on any atom is 0.327 e. The molecule has 31 heavy (non-hydrogen) atoms. The number of aromatic nitrogens is 2. The highest BCUT2D eigenvalue weighted by Crippen LogP contribution is 2.38. The first-order chi connectivity index (χ1) is 14.9. The molecule has 0 spiro atoms. The number of pyridine rings is 2. The van der Waals surface area contributed by atoms with E-state index in [4.69, 9.17) is 4.74 Å². The fourth-order valence-electron chi connectivity index (χ4n) is 3.42. The van der Waals surface area contributed by atoms with Gasteiger partial charge in [-0.15, -0.1) is 0 Å². The average Bonchev–Trinajstić information content (AvgIpc) is 2.96. The van der Waals surface area contributed by atoms with Crippen molar-refractivity contribution in [1.82, 2.24) is 19.8 Å². The van der Waals surface area contributed by atoms with Crippen molar-refractivity contribution in [3.05, 3.63) is 77.9 Å². The lowest BCUT2D eigenvalue weighted by atomic mass is 10.1. The summed E-state index contributed by atoms with van der Waals surface area (Å²) >= 11 is 1.52. The lowest BCUT2D eigenvalue weighted by Gasteiger charge is -2.19. The third-order valence-electron chi connectivity index (χ3n) is 5.06. The summed E-state index contributed by atoms with van der Waals surface area (Å²) in [7, 11) is 3.13. The van der Waals surface area contributed by atoms with Crippen molar-refractivity contribution >= 4 is 23.7 Å². The molecule has 1 unspecified atom stereocenters. The van der Waals surface area contributed by atoms with Gasteiger partial charge in [-0.25, -0.2) is 4.79 Å². The fraction of sp³-hybridized carbons (Fsp3) is 0.217. The second kappa shape index (κ2) is 8.77. The number of ether oxygens (including phenoxy) is 1. The smallest absolute Gasteiger partial charge is 0.327 e. The summed E-state index contributed by atoms with van der Waals surface area (Å²) in [5.41, 5.74) is 2.74. The molecule has 0 saturated carbocycles. The van der Waals surface area contributed by atoms with E-state index in [1.165, 1.54) is 23.7 Å². The second-order valence-corrected chi connectivity index (χ2v) is 8.39. The van der Waals surface area contributed by atoms with E-state index in [1.54, 1.807) is 25.6 Å². The van der Waals surface area contributed by atoms with Gasteiger partial charge in [0.05, 0.1) is 0 Å². The fourth-order valence-corrected chi connectivity index (χ4v) is 4.35.